The molecule has 0 bridgehead atoms. The summed E-state index contributed by atoms with van der Waals surface area (Å²) in [7, 11) is 0. The molecule has 0 radical (unpaired) electrons. The van der Waals surface area contributed by atoms with E-state index in [1.165, 1.54) is 43.0 Å². The van der Waals surface area contributed by atoms with Crippen molar-refractivity contribution in [3.05, 3.63) is 64.2 Å². The predicted molar refractivity (Wildman–Crippen MR) is 127 cm³/mol. The number of nitro groups is 1. The number of esters is 1. The molecule has 2 aromatic carbocycles. The van der Waals surface area contributed by atoms with E-state index in [2.05, 4.69) is 0 Å². The van der Waals surface area contributed by atoms with Crippen LogP contribution < -0.4 is 10.6 Å². The Morgan fingerprint density at radius 2 is 1.89 bits per heavy atom. The van der Waals surface area contributed by atoms with Crippen LogP contribution in [0, 0.1) is 15.5 Å². The van der Waals surface area contributed by atoms with Crippen LogP contribution in [0.3, 0.4) is 0 Å². The standard InChI is InChI=1S/C23H24N4O7S/c1-14(28)26(34-18-9-5-16(24)6-10-18)19-20(29)25-12-23(2,13-35-21(19)25)22(30)33-11-15-3-7-17(8-4-15)27(31)32/h3-10,19,21H,11-13,24H2,1-2H3/t19?,21-,23?/m1/s1. The molecule has 11 nitrogen and oxygen atoms in total. The lowest BCUT2D eigenvalue weighted by Gasteiger charge is -2.54. The van der Waals surface area contributed by atoms with Gasteiger partial charge >= 0.3 is 5.97 Å². The molecule has 35 heavy (non-hydrogen) atoms. The van der Waals surface area contributed by atoms with Gasteiger partial charge in [-0.2, -0.15) is 5.06 Å². The fourth-order valence-corrected chi connectivity index (χ4v) is 5.40. The number of carbonyl (C=O) groups excluding carboxylic acids is 3. The molecule has 2 amide bonds. The van der Waals surface area contributed by atoms with Crippen molar-refractivity contribution in [1.82, 2.24) is 9.96 Å². The van der Waals surface area contributed by atoms with Crippen LogP contribution >= 0.6 is 11.8 Å². The molecule has 184 valence electrons. The summed E-state index contributed by atoms with van der Waals surface area (Å²) < 4.78 is 5.46. The summed E-state index contributed by atoms with van der Waals surface area (Å²) in [6.07, 6.45) is 0. The Kier molecular flexibility index (Phi) is 6.57. The zero-order valence-corrected chi connectivity index (χ0v) is 19.9. The van der Waals surface area contributed by atoms with Crippen LogP contribution in [0.15, 0.2) is 48.5 Å². The molecule has 2 unspecified atom stereocenters. The summed E-state index contributed by atoms with van der Waals surface area (Å²) >= 11 is 1.38. The van der Waals surface area contributed by atoms with Gasteiger partial charge in [0.05, 0.1) is 10.3 Å². The minimum atomic E-state index is -0.943. The summed E-state index contributed by atoms with van der Waals surface area (Å²) in [5.41, 5.74) is 5.85. The SMILES string of the molecule is CC(=O)N(Oc1ccc(N)cc1)C1C(=O)N2CC(C)(C(=O)OCc3ccc([N+](=O)[O-])cc3)CS[C@H]12. The number of β-lactam (4-membered cyclic amide) rings is 1. The lowest BCUT2D eigenvalue weighted by Crippen LogP contribution is -2.74. The summed E-state index contributed by atoms with van der Waals surface area (Å²) in [4.78, 5) is 55.6. The Labute approximate surface area is 205 Å². The number of benzene rings is 2. The van der Waals surface area contributed by atoms with Gasteiger partial charge in [-0.05, 0) is 48.9 Å². The minimum Gasteiger partial charge on any atom is -0.460 e. The van der Waals surface area contributed by atoms with Crippen LogP contribution in [-0.4, -0.2) is 56.4 Å². The van der Waals surface area contributed by atoms with E-state index in [0.717, 1.165) is 5.06 Å². The second-order valence-electron chi connectivity index (χ2n) is 8.68. The van der Waals surface area contributed by atoms with Gasteiger partial charge in [0.2, 0.25) is 0 Å². The maximum Gasteiger partial charge on any atom is 0.314 e. The Morgan fingerprint density at radius 3 is 2.49 bits per heavy atom. The Balaban J connectivity index is 1.37. The third-order valence-electron chi connectivity index (χ3n) is 5.86. The van der Waals surface area contributed by atoms with Gasteiger partial charge in [-0.15, -0.1) is 11.8 Å². The fraction of sp³-hybridized carbons (Fsp3) is 0.348. The smallest absolute Gasteiger partial charge is 0.314 e. The summed E-state index contributed by atoms with van der Waals surface area (Å²) in [5.74, 6) is -0.454. The molecular formula is C23H24N4O7S. The van der Waals surface area contributed by atoms with Gasteiger partial charge in [0, 0.05) is 37.0 Å². The molecule has 12 heteroatoms. The van der Waals surface area contributed by atoms with E-state index < -0.39 is 28.3 Å². The number of ether oxygens (including phenoxy) is 1. The molecule has 2 saturated heterocycles. The molecule has 0 saturated carbocycles. The van der Waals surface area contributed by atoms with Crippen molar-refractivity contribution in [2.75, 3.05) is 18.0 Å². The normalized spacial score (nSPS) is 23.0. The number of fused-ring (bicyclic) bond motifs is 1. The number of nitrogens with zero attached hydrogens (tertiary/aromatic N) is 3. The Bertz CT molecular complexity index is 1160. The number of nitrogens with two attached hydrogens (primary N) is 1. The zero-order chi connectivity index (χ0) is 25.3. The number of amides is 2. The molecule has 2 N–H and O–H groups in total. The average Bonchev–Trinajstić information content (AvgIpc) is 2.84. The zero-order valence-electron chi connectivity index (χ0n) is 19.1. The van der Waals surface area contributed by atoms with Gasteiger partial charge < -0.3 is 20.2 Å². The van der Waals surface area contributed by atoms with E-state index in [9.17, 15) is 24.5 Å². The number of hydrogen-bond acceptors (Lipinski definition) is 9. The van der Waals surface area contributed by atoms with Crippen molar-refractivity contribution >= 4 is 40.9 Å². The van der Waals surface area contributed by atoms with Crippen molar-refractivity contribution in [3.63, 3.8) is 0 Å². The Morgan fingerprint density at radius 1 is 1.23 bits per heavy atom. The van der Waals surface area contributed by atoms with Gasteiger partial charge in [0.25, 0.3) is 17.5 Å². The maximum absolute atomic E-state index is 13.0. The Hall–Kier alpha value is -3.80. The van der Waals surface area contributed by atoms with Crippen LogP contribution in [0.4, 0.5) is 11.4 Å². The fourth-order valence-electron chi connectivity index (χ4n) is 3.88. The average molecular weight is 501 g/mol. The van der Waals surface area contributed by atoms with Gasteiger partial charge in [0.1, 0.15) is 12.0 Å². The highest BCUT2D eigenvalue weighted by molar-refractivity contribution is 8.00. The molecule has 4 rings (SSSR count). The first-order valence-electron chi connectivity index (χ1n) is 10.7. The molecule has 2 aliphatic heterocycles. The molecular weight excluding hydrogens is 476 g/mol. The van der Waals surface area contributed by atoms with Crippen molar-refractivity contribution in [1.29, 1.82) is 0 Å². The van der Waals surface area contributed by atoms with Crippen molar-refractivity contribution in [2.24, 2.45) is 5.41 Å². The summed E-state index contributed by atoms with van der Waals surface area (Å²) in [6.45, 7) is 3.15. The second kappa shape index (κ2) is 9.45. The van der Waals surface area contributed by atoms with Gasteiger partial charge in [0.15, 0.2) is 11.8 Å². The molecule has 0 aromatic heterocycles. The molecule has 2 aromatic rings. The lowest BCUT2D eigenvalue weighted by molar-refractivity contribution is -0.384. The third kappa shape index (κ3) is 4.87. The molecule has 2 fully saturated rings. The van der Waals surface area contributed by atoms with Crippen LogP contribution in [0.5, 0.6) is 5.75 Å². The molecule has 2 heterocycles. The van der Waals surface area contributed by atoms with Crippen molar-refractivity contribution in [2.45, 2.75) is 31.9 Å². The number of non-ortho nitro benzene ring substituents is 1. The second-order valence-corrected chi connectivity index (χ2v) is 9.78. The van der Waals surface area contributed by atoms with Gasteiger partial charge in [-0.25, -0.2) is 0 Å². The first-order chi connectivity index (χ1) is 16.6. The van der Waals surface area contributed by atoms with E-state index >= 15 is 0 Å². The quantitative estimate of drug-likeness (QED) is 0.199. The van der Waals surface area contributed by atoms with Gasteiger partial charge in [-0.1, -0.05) is 0 Å². The molecule has 3 atom stereocenters. The topological polar surface area (TPSA) is 145 Å². The van der Waals surface area contributed by atoms with Crippen LogP contribution in [0.25, 0.3) is 0 Å². The van der Waals surface area contributed by atoms with Crippen molar-refractivity contribution in [3.8, 4) is 5.75 Å². The number of nitrogen functional groups attached to an aromatic ring is 1. The first-order valence-corrected chi connectivity index (χ1v) is 11.8. The van der Waals surface area contributed by atoms with Gasteiger partial charge in [-0.3, -0.25) is 24.5 Å². The van der Waals surface area contributed by atoms with Crippen LogP contribution in [0.1, 0.15) is 19.4 Å². The van der Waals surface area contributed by atoms with Crippen LogP contribution in [0.2, 0.25) is 0 Å². The number of rotatable bonds is 7. The highest BCUT2D eigenvalue weighted by atomic mass is 32.2. The highest BCUT2D eigenvalue weighted by Crippen LogP contribution is 2.44. The van der Waals surface area contributed by atoms with E-state index in [-0.39, 0.29) is 30.1 Å². The monoisotopic (exact) mass is 500 g/mol. The number of carbonyl (C=O) groups is 3. The predicted octanol–water partition coefficient (Wildman–Crippen LogP) is 2.35. The minimum absolute atomic E-state index is 0.0371. The largest absolute Gasteiger partial charge is 0.460 e. The number of nitro benzene ring substituents is 1. The van der Waals surface area contributed by atoms with E-state index in [0.29, 0.717) is 22.8 Å². The number of hydrogen-bond donors (Lipinski definition) is 1. The summed E-state index contributed by atoms with van der Waals surface area (Å²) in [6, 6.07) is 11.4. The van der Waals surface area contributed by atoms with Crippen molar-refractivity contribution < 1.29 is 28.9 Å². The number of hydroxylamine groups is 2. The first kappa shape index (κ1) is 24.3. The maximum atomic E-state index is 13.0. The number of thioether (sulfide) groups is 1. The van der Waals surface area contributed by atoms with E-state index in [1.807, 2.05) is 0 Å². The lowest BCUT2D eigenvalue weighted by atomic mass is 9.89. The third-order valence-corrected chi connectivity index (χ3v) is 7.52. The number of anilines is 1. The molecule has 2 aliphatic rings. The van der Waals surface area contributed by atoms with Crippen LogP contribution in [-0.2, 0) is 25.7 Å². The van der Waals surface area contributed by atoms with E-state index in [1.54, 1.807) is 36.1 Å². The van der Waals surface area contributed by atoms with E-state index in [4.69, 9.17) is 15.3 Å². The molecule has 0 spiro atoms. The molecule has 0 aliphatic carbocycles. The summed E-state index contributed by atoms with van der Waals surface area (Å²) in [5, 5.41) is 11.5. The highest BCUT2D eigenvalue weighted by Gasteiger charge is 2.59.